The molecule has 24 heavy (non-hydrogen) atoms. The monoisotopic (exact) mass is 333 g/mol. The molecule has 0 radical (unpaired) electrons. The Morgan fingerprint density at radius 3 is 3.04 bits per heavy atom. The van der Waals surface area contributed by atoms with Crippen LogP contribution in [0.1, 0.15) is 12.1 Å². The van der Waals surface area contributed by atoms with Gasteiger partial charge in [-0.05, 0) is 30.7 Å². The van der Waals surface area contributed by atoms with Crippen LogP contribution in [-0.4, -0.2) is 39.8 Å². The molecule has 0 saturated heterocycles. The van der Waals surface area contributed by atoms with Crippen LogP contribution in [0.15, 0.2) is 36.8 Å². The van der Waals surface area contributed by atoms with Crippen LogP contribution in [0.4, 0.5) is 4.39 Å². The highest BCUT2D eigenvalue weighted by atomic mass is 19.1. The summed E-state index contributed by atoms with van der Waals surface area (Å²) < 4.78 is 20.2. The third kappa shape index (κ3) is 4.11. The zero-order valence-corrected chi connectivity index (χ0v) is 13.2. The normalized spacial score (nSPS) is 17.8. The average molecular weight is 333 g/mol. The lowest BCUT2D eigenvalue weighted by Crippen LogP contribution is -2.40. The number of hydrogen-bond donors (Lipinski definition) is 2. The zero-order chi connectivity index (χ0) is 16.9. The summed E-state index contributed by atoms with van der Waals surface area (Å²) in [6, 6.07) is 5.56. The largest absolute Gasteiger partial charge is 0.491 e. The summed E-state index contributed by atoms with van der Waals surface area (Å²) in [6.45, 7) is 0.933. The van der Waals surface area contributed by atoms with Crippen molar-refractivity contribution in [2.45, 2.75) is 25.5 Å². The van der Waals surface area contributed by atoms with Gasteiger partial charge in [0.05, 0.1) is 6.33 Å². The Kier molecular flexibility index (Phi) is 5.10. The average Bonchev–Trinajstić information content (AvgIpc) is 3.06. The minimum Gasteiger partial charge on any atom is -0.491 e. The van der Waals surface area contributed by atoms with E-state index in [4.69, 9.17) is 4.74 Å². The van der Waals surface area contributed by atoms with Crippen molar-refractivity contribution in [2.75, 3.05) is 13.2 Å². The van der Waals surface area contributed by atoms with Crippen molar-refractivity contribution in [3.05, 3.63) is 48.3 Å². The number of aliphatic hydroxyl groups is 1. The van der Waals surface area contributed by atoms with Crippen molar-refractivity contribution in [1.82, 2.24) is 14.9 Å². The van der Waals surface area contributed by atoms with Gasteiger partial charge in [0.15, 0.2) is 0 Å². The van der Waals surface area contributed by atoms with Gasteiger partial charge in [0.1, 0.15) is 24.3 Å². The quantitative estimate of drug-likeness (QED) is 0.831. The summed E-state index contributed by atoms with van der Waals surface area (Å²) in [5, 5.41) is 12.7. The van der Waals surface area contributed by atoms with Gasteiger partial charge in [-0.25, -0.2) is 9.37 Å². The van der Waals surface area contributed by atoms with E-state index < -0.39 is 6.10 Å². The first-order valence-electron chi connectivity index (χ1n) is 7.95. The summed E-state index contributed by atoms with van der Waals surface area (Å²) in [7, 11) is 0. The van der Waals surface area contributed by atoms with E-state index in [-0.39, 0.29) is 30.8 Å². The first kappa shape index (κ1) is 16.4. The zero-order valence-electron chi connectivity index (χ0n) is 13.2. The first-order chi connectivity index (χ1) is 11.6. The van der Waals surface area contributed by atoms with Crippen LogP contribution < -0.4 is 10.1 Å². The van der Waals surface area contributed by atoms with E-state index in [0.29, 0.717) is 12.2 Å². The number of ether oxygens (including phenoxy) is 1. The molecule has 128 valence electrons. The molecule has 2 aromatic rings. The smallest absolute Gasteiger partial charge is 0.223 e. The van der Waals surface area contributed by atoms with Gasteiger partial charge in [-0.15, -0.1) is 0 Å². The van der Waals surface area contributed by atoms with Crippen molar-refractivity contribution in [2.24, 2.45) is 5.92 Å². The molecule has 2 atom stereocenters. The van der Waals surface area contributed by atoms with Crippen LogP contribution in [0, 0.1) is 11.7 Å². The number of carbonyl (C=O) groups is 1. The number of nitrogens with zero attached hydrogens (tertiary/aromatic N) is 2. The van der Waals surface area contributed by atoms with Gasteiger partial charge in [-0.3, -0.25) is 4.79 Å². The third-order valence-electron chi connectivity index (χ3n) is 4.11. The lowest BCUT2D eigenvalue weighted by molar-refractivity contribution is -0.126. The molecular formula is C17H20FN3O3. The van der Waals surface area contributed by atoms with Gasteiger partial charge in [0, 0.05) is 37.3 Å². The Morgan fingerprint density at radius 1 is 1.46 bits per heavy atom. The van der Waals surface area contributed by atoms with Crippen molar-refractivity contribution >= 4 is 5.91 Å². The number of rotatable bonds is 6. The molecule has 0 fully saturated rings. The molecule has 2 heterocycles. The van der Waals surface area contributed by atoms with Crippen molar-refractivity contribution in [1.29, 1.82) is 0 Å². The summed E-state index contributed by atoms with van der Waals surface area (Å²) in [4.78, 5) is 16.3. The fourth-order valence-corrected chi connectivity index (χ4v) is 2.74. The molecule has 7 heteroatoms. The Labute approximate surface area is 139 Å². The van der Waals surface area contributed by atoms with E-state index >= 15 is 0 Å². The van der Waals surface area contributed by atoms with Gasteiger partial charge in [0.2, 0.25) is 5.91 Å². The fraction of sp³-hybridized carbons (Fsp3) is 0.412. The molecule has 0 aliphatic carbocycles. The Balaban J connectivity index is 1.40. The minimum absolute atomic E-state index is 0.0311. The van der Waals surface area contributed by atoms with E-state index in [2.05, 4.69) is 14.9 Å². The number of fused-ring (bicyclic) bond motifs is 1. The molecule has 2 N–H and O–H groups in total. The number of amides is 1. The summed E-state index contributed by atoms with van der Waals surface area (Å²) in [6.07, 6.45) is 4.16. The maximum absolute atomic E-state index is 12.8. The highest BCUT2D eigenvalue weighted by molar-refractivity contribution is 5.79. The Bertz CT molecular complexity index is 687. The van der Waals surface area contributed by atoms with E-state index in [1.165, 1.54) is 24.3 Å². The Hall–Kier alpha value is -2.41. The number of aryl methyl sites for hydroxylation is 1. The number of aromatic nitrogens is 2. The Morgan fingerprint density at radius 2 is 2.25 bits per heavy atom. The molecule has 1 aromatic carbocycles. The van der Waals surface area contributed by atoms with E-state index in [9.17, 15) is 14.3 Å². The maximum Gasteiger partial charge on any atom is 0.223 e. The minimum atomic E-state index is -0.826. The summed E-state index contributed by atoms with van der Waals surface area (Å²) in [5.74, 6) is -0.0333. The van der Waals surface area contributed by atoms with E-state index in [1.54, 1.807) is 12.5 Å². The summed E-state index contributed by atoms with van der Waals surface area (Å²) in [5.41, 5.74) is 1.06. The molecule has 1 aliphatic rings. The molecule has 6 nitrogen and oxygen atoms in total. The van der Waals surface area contributed by atoms with Crippen LogP contribution in [0.3, 0.4) is 0 Å². The molecule has 1 amide bonds. The molecule has 2 unspecified atom stereocenters. The van der Waals surface area contributed by atoms with E-state index in [1.807, 2.05) is 0 Å². The lowest BCUT2D eigenvalue weighted by Gasteiger charge is -2.23. The topological polar surface area (TPSA) is 76.4 Å². The number of imidazole rings is 1. The highest BCUT2D eigenvalue weighted by Gasteiger charge is 2.25. The fourth-order valence-electron chi connectivity index (χ4n) is 2.74. The number of carbonyl (C=O) groups excluding carboxylic acids is 1. The number of nitrogens with one attached hydrogen (secondary N) is 1. The second-order valence-corrected chi connectivity index (χ2v) is 5.93. The number of aliphatic hydroxyl groups excluding tert-OH is 1. The first-order valence-corrected chi connectivity index (χ1v) is 7.95. The van der Waals surface area contributed by atoms with Gasteiger partial charge < -0.3 is 19.7 Å². The molecule has 0 bridgehead atoms. The standard InChI is InChI=1S/C17H20FN3O3/c18-13-1-3-16(4-2-13)24-10-15(22)9-20-17(23)12-5-6-21-11-19-8-14(21)7-12/h1-4,8,11-12,15,22H,5-7,9-10H2,(H,20,23). The number of halogens is 1. The van der Waals surface area contributed by atoms with Crippen molar-refractivity contribution in [3.63, 3.8) is 0 Å². The molecule has 0 spiro atoms. The van der Waals surface area contributed by atoms with Gasteiger partial charge in [-0.1, -0.05) is 0 Å². The molecule has 1 aromatic heterocycles. The highest BCUT2D eigenvalue weighted by Crippen LogP contribution is 2.19. The molecule has 0 saturated carbocycles. The van der Waals surface area contributed by atoms with Crippen LogP contribution >= 0.6 is 0 Å². The predicted octanol–water partition coefficient (Wildman–Crippen LogP) is 1.14. The van der Waals surface area contributed by atoms with Crippen LogP contribution in [-0.2, 0) is 17.8 Å². The molecule has 1 aliphatic heterocycles. The SMILES string of the molecule is O=C(NCC(O)COc1ccc(F)cc1)C1CCn2cncc2C1. The molecule has 3 rings (SSSR count). The second-order valence-electron chi connectivity index (χ2n) is 5.93. The number of hydrogen-bond acceptors (Lipinski definition) is 4. The number of benzene rings is 1. The van der Waals surface area contributed by atoms with Crippen molar-refractivity contribution < 1.29 is 19.0 Å². The molecular weight excluding hydrogens is 313 g/mol. The predicted molar refractivity (Wildman–Crippen MR) is 84.9 cm³/mol. The summed E-state index contributed by atoms with van der Waals surface area (Å²) >= 11 is 0. The van der Waals surface area contributed by atoms with Crippen LogP contribution in [0.2, 0.25) is 0 Å². The van der Waals surface area contributed by atoms with Gasteiger partial charge >= 0.3 is 0 Å². The second kappa shape index (κ2) is 7.44. The van der Waals surface area contributed by atoms with Gasteiger partial charge in [-0.2, -0.15) is 0 Å². The lowest BCUT2D eigenvalue weighted by atomic mass is 9.95. The van der Waals surface area contributed by atoms with Crippen molar-refractivity contribution in [3.8, 4) is 5.75 Å². The van der Waals surface area contributed by atoms with Crippen LogP contribution in [0.25, 0.3) is 0 Å². The third-order valence-corrected chi connectivity index (χ3v) is 4.11. The maximum atomic E-state index is 12.8. The van der Waals surface area contributed by atoms with Crippen LogP contribution in [0.5, 0.6) is 5.75 Å². The van der Waals surface area contributed by atoms with E-state index in [0.717, 1.165) is 18.7 Å². The van der Waals surface area contributed by atoms with Gasteiger partial charge in [0.25, 0.3) is 0 Å².